The molecule has 138 valence electrons. The number of anilines is 1. The molecular weight excluding hydrogens is 404 g/mol. The third kappa shape index (κ3) is 2.90. The average Bonchev–Trinajstić information content (AvgIpc) is 2.89. The number of aromatic nitrogens is 1. The second-order valence-corrected chi connectivity index (χ2v) is 8.44. The molecule has 4 nitrogen and oxygen atoms in total. The van der Waals surface area contributed by atoms with Gasteiger partial charge in [0, 0.05) is 27.8 Å². The van der Waals surface area contributed by atoms with Gasteiger partial charge in [0.1, 0.15) is 5.56 Å². The minimum absolute atomic E-state index is 0.180. The van der Waals surface area contributed by atoms with E-state index >= 15 is 0 Å². The first-order chi connectivity index (χ1) is 12.8. The van der Waals surface area contributed by atoms with Crippen LogP contribution in [-0.4, -0.2) is 10.5 Å². The van der Waals surface area contributed by atoms with Gasteiger partial charge in [0.15, 0.2) is 0 Å². The Morgan fingerprint density at radius 2 is 1.81 bits per heavy atom. The van der Waals surface area contributed by atoms with Gasteiger partial charge in [0.25, 0.3) is 5.91 Å². The number of hydrogen-bond acceptors (Lipinski definition) is 2. The average molecular weight is 425 g/mol. The Kier molecular flexibility index (Phi) is 4.22. The predicted molar refractivity (Wildman–Crippen MR) is 113 cm³/mol. The summed E-state index contributed by atoms with van der Waals surface area (Å²) < 4.78 is 2.92. The van der Waals surface area contributed by atoms with Crippen LogP contribution in [0.2, 0.25) is 0 Å². The van der Waals surface area contributed by atoms with Crippen molar-refractivity contribution in [1.82, 2.24) is 4.57 Å². The first-order valence-electron chi connectivity index (χ1n) is 9.02. The zero-order valence-electron chi connectivity index (χ0n) is 15.8. The van der Waals surface area contributed by atoms with Crippen LogP contribution in [0, 0.1) is 20.8 Å². The van der Waals surface area contributed by atoms with Gasteiger partial charge >= 0.3 is 0 Å². The Morgan fingerprint density at radius 3 is 2.48 bits per heavy atom. The fraction of sp³-hybridized carbons (Fsp3) is 0.273. The molecule has 0 spiro atoms. The molecule has 0 unspecified atom stereocenters. The van der Waals surface area contributed by atoms with Crippen molar-refractivity contribution >= 4 is 38.4 Å². The highest BCUT2D eigenvalue weighted by atomic mass is 79.9. The number of amides is 1. The quantitative estimate of drug-likeness (QED) is 0.624. The van der Waals surface area contributed by atoms with E-state index in [9.17, 15) is 9.59 Å². The zero-order chi connectivity index (χ0) is 19.5. The highest BCUT2D eigenvalue weighted by Gasteiger charge is 2.25. The molecule has 0 bridgehead atoms. The monoisotopic (exact) mass is 424 g/mol. The van der Waals surface area contributed by atoms with E-state index in [0.29, 0.717) is 5.39 Å². The highest BCUT2D eigenvalue weighted by molar-refractivity contribution is 9.10. The van der Waals surface area contributed by atoms with Gasteiger partial charge in [0.2, 0.25) is 5.43 Å². The molecule has 27 heavy (non-hydrogen) atoms. The molecule has 1 atom stereocenters. The number of halogens is 1. The third-order valence-corrected chi connectivity index (χ3v) is 5.78. The van der Waals surface area contributed by atoms with Crippen molar-refractivity contribution in [1.29, 1.82) is 0 Å². The van der Waals surface area contributed by atoms with Crippen LogP contribution in [0.1, 0.15) is 45.6 Å². The smallest absolute Gasteiger partial charge is 0.261 e. The second kappa shape index (κ2) is 6.34. The Bertz CT molecular complexity index is 1150. The summed E-state index contributed by atoms with van der Waals surface area (Å²) in [6.07, 6.45) is 2.57. The van der Waals surface area contributed by atoms with Crippen molar-refractivity contribution in [2.45, 2.75) is 40.2 Å². The third-order valence-electron chi connectivity index (χ3n) is 5.32. The standard InChI is InChI=1S/C22H21BrN2O2/c1-11-5-12(2)19(13(3)6-11)24-22(27)18-10-25-14(4)7-15-8-16(23)9-17(20(15)25)21(18)26/h5-6,8-10,14H,7H2,1-4H3,(H,24,27)/t14-/m1/s1. The van der Waals surface area contributed by atoms with Crippen molar-refractivity contribution in [3.8, 4) is 0 Å². The molecule has 1 aromatic heterocycles. The van der Waals surface area contributed by atoms with Gasteiger partial charge in [-0.3, -0.25) is 9.59 Å². The van der Waals surface area contributed by atoms with Crippen LogP contribution in [0.15, 0.2) is 39.7 Å². The SMILES string of the molecule is Cc1cc(C)c(NC(=O)c2cn3c4c(cc(Br)cc4c2=O)C[C@H]3C)c(C)c1. The molecule has 0 aliphatic carbocycles. The van der Waals surface area contributed by atoms with E-state index in [1.54, 1.807) is 6.20 Å². The van der Waals surface area contributed by atoms with Gasteiger partial charge in [-0.2, -0.15) is 0 Å². The summed E-state index contributed by atoms with van der Waals surface area (Å²) in [7, 11) is 0. The lowest BCUT2D eigenvalue weighted by Gasteiger charge is -2.15. The molecular formula is C22H21BrN2O2. The van der Waals surface area contributed by atoms with Crippen molar-refractivity contribution in [3.05, 3.63) is 73.0 Å². The lowest BCUT2D eigenvalue weighted by Crippen LogP contribution is -2.24. The zero-order valence-corrected chi connectivity index (χ0v) is 17.4. The molecule has 1 aliphatic heterocycles. The fourth-order valence-corrected chi connectivity index (χ4v) is 4.69. The first-order valence-corrected chi connectivity index (χ1v) is 9.82. The molecule has 5 heteroatoms. The molecule has 0 saturated heterocycles. The molecule has 1 aliphatic rings. The Balaban J connectivity index is 1.85. The van der Waals surface area contributed by atoms with Crippen LogP contribution >= 0.6 is 15.9 Å². The van der Waals surface area contributed by atoms with E-state index in [1.807, 2.05) is 39.0 Å². The van der Waals surface area contributed by atoms with Gasteiger partial charge in [-0.25, -0.2) is 0 Å². The lowest BCUT2D eigenvalue weighted by molar-refractivity contribution is 0.102. The topological polar surface area (TPSA) is 51.1 Å². The summed E-state index contributed by atoms with van der Waals surface area (Å²) in [5.41, 5.74) is 5.94. The number of nitrogens with zero attached hydrogens (tertiary/aromatic N) is 1. The number of carbonyl (C=O) groups is 1. The van der Waals surface area contributed by atoms with E-state index in [4.69, 9.17) is 0 Å². The summed E-state index contributed by atoms with van der Waals surface area (Å²) >= 11 is 3.49. The lowest BCUT2D eigenvalue weighted by atomic mass is 10.0. The number of rotatable bonds is 2. The molecule has 0 saturated carbocycles. The van der Waals surface area contributed by atoms with Gasteiger partial charge in [-0.15, -0.1) is 0 Å². The summed E-state index contributed by atoms with van der Waals surface area (Å²) in [5.74, 6) is -0.360. The molecule has 2 heterocycles. The number of nitrogens with one attached hydrogen (secondary N) is 1. The highest BCUT2D eigenvalue weighted by Crippen LogP contribution is 2.33. The van der Waals surface area contributed by atoms with Crippen LogP contribution in [0.5, 0.6) is 0 Å². The van der Waals surface area contributed by atoms with E-state index in [2.05, 4.69) is 38.8 Å². The van der Waals surface area contributed by atoms with E-state index in [-0.39, 0.29) is 22.9 Å². The molecule has 0 radical (unpaired) electrons. The molecule has 0 fully saturated rings. The van der Waals surface area contributed by atoms with Crippen LogP contribution in [0.3, 0.4) is 0 Å². The predicted octanol–water partition coefficient (Wildman–Crippen LogP) is 5.06. The number of aryl methyl sites for hydroxylation is 3. The minimum atomic E-state index is -0.360. The molecule has 1 N–H and O–H groups in total. The summed E-state index contributed by atoms with van der Waals surface area (Å²) in [6.45, 7) is 8.07. The Labute approximate surface area is 166 Å². The van der Waals surface area contributed by atoms with Crippen LogP contribution in [-0.2, 0) is 6.42 Å². The minimum Gasteiger partial charge on any atom is -0.343 e. The van der Waals surface area contributed by atoms with Crippen molar-refractivity contribution in [3.63, 3.8) is 0 Å². The van der Waals surface area contributed by atoms with E-state index < -0.39 is 0 Å². The number of pyridine rings is 1. The second-order valence-electron chi connectivity index (χ2n) is 7.52. The van der Waals surface area contributed by atoms with Crippen LogP contribution < -0.4 is 10.7 Å². The molecule has 4 rings (SSSR count). The number of carbonyl (C=O) groups excluding carboxylic acids is 1. The maximum Gasteiger partial charge on any atom is 0.261 e. The maximum absolute atomic E-state index is 13.1. The Morgan fingerprint density at radius 1 is 1.15 bits per heavy atom. The van der Waals surface area contributed by atoms with Gasteiger partial charge in [-0.1, -0.05) is 33.6 Å². The molecule has 1 amide bonds. The largest absolute Gasteiger partial charge is 0.343 e. The summed E-state index contributed by atoms with van der Waals surface area (Å²) in [6, 6.07) is 8.14. The summed E-state index contributed by atoms with van der Waals surface area (Å²) in [4.78, 5) is 26.1. The normalized spacial score (nSPS) is 15.4. The maximum atomic E-state index is 13.1. The van der Waals surface area contributed by atoms with E-state index in [0.717, 1.165) is 44.4 Å². The molecule has 3 aromatic rings. The van der Waals surface area contributed by atoms with Gasteiger partial charge in [-0.05, 0) is 62.9 Å². The fourth-order valence-electron chi connectivity index (χ4n) is 4.18. The van der Waals surface area contributed by atoms with Crippen molar-refractivity contribution in [2.75, 3.05) is 5.32 Å². The number of benzene rings is 2. The molecule has 2 aromatic carbocycles. The van der Waals surface area contributed by atoms with Gasteiger partial charge in [0.05, 0.1) is 5.52 Å². The van der Waals surface area contributed by atoms with Crippen molar-refractivity contribution < 1.29 is 4.79 Å². The van der Waals surface area contributed by atoms with Gasteiger partial charge < -0.3 is 9.88 Å². The number of hydrogen-bond donors (Lipinski definition) is 1. The summed E-state index contributed by atoms with van der Waals surface area (Å²) in [5, 5.41) is 3.55. The Hall–Kier alpha value is -2.40. The van der Waals surface area contributed by atoms with Crippen molar-refractivity contribution in [2.24, 2.45) is 0 Å². The van der Waals surface area contributed by atoms with E-state index in [1.165, 1.54) is 0 Å². The van der Waals surface area contributed by atoms with Crippen LogP contribution in [0.25, 0.3) is 10.9 Å². The van der Waals surface area contributed by atoms with Crippen LogP contribution in [0.4, 0.5) is 5.69 Å². The first kappa shape index (κ1) is 18.0.